The lowest BCUT2D eigenvalue weighted by Crippen LogP contribution is -2.55. The first kappa shape index (κ1) is 37.5. The van der Waals surface area contributed by atoms with Crippen LogP contribution in [0.15, 0.2) is 72.8 Å². The molecule has 3 fully saturated rings. The van der Waals surface area contributed by atoms with Crippen molar-refractivity contribution in [2.75, 3.05) is 44.8 Å². The van der Waals surface area contributed by atoms with Crippen LogP contribution in [0.1, 0.15) is 98.2 Å². The molecular formula is C45H50N4O7. The molecule has 1 atom stereocenters. The third-order valence-corrected chi connectivity index (χ3v) is 11.9. The van der Waals surface area contributed by atoms with Crippen LogP contribution in [0, 0.1) is 0 Å². The lowest BCUT2D eigenvalue weighted by molar-refractivity contribution is -0.140. The van der Waals surface area contributed by atoms with Gasteiger partial charge in [-0.2, -0.15) is 0 Å². The number of aromatic nitrogens is 1. The normalized spacial score (nSPS) is 19.4. The van der Waals surface area contributed by atoms with E-state index in [1.165, 1.54) is 18.1 Å². The number of rotatable bonds is 10. The van der Waals surface area contributed by atoms with E-state index in [-0.39, 0.29) is 24.3 Å². The lowest BCUT2D eigenvalue weighted by atomic mass is 9.81. The van der Waals surface area contributed by atoms with Crippen LogP contribution >= 0.6 is 0 Å². The van der Waals surface area contributed by atoms with Crippen LogP contribution in [0.2, 0.25) is 0 Å². The van der Waals surface area contributed by atoms with Crippen LogP contribution in [0.25, 0.3) is 28.2 Å². The van der Waals surface area contributed by atoms with E-state index >= 15 is 0 Å². The maximum Gasteiger partial charge on any atom is 0.330 e. The van der Waals surface area contributed by atoms with Crippen LogP contribution in [-0.4, -0.2) is 78.2 Å². The summed E-state index contributed by atoms with van der Waals surface area (Å²) in [6.07, 6.45) is 11.2. The van der Waals surface area contributed by atoms with Crippen LogP contribution in [0.4, 0.5) is 5.69 Å². The zero-order valence-electron chi connectivity index (χ0n) is 32.0. The summed E-state index contributed by atoms with van der Waals surface area (Å²) < 4.78 is 19.3. The molecule has 3 aromatic carbocycles. The largest absolute Gasteiger partial charge is 0.488 e. The van der Waals surface area contributed by atoms with E-state index in [0.717, 1.165) is 66.2 Å². The molecular weight excluding hydrogens is 709 g/mol. The highest BCUT2D eigenvalue weighted by Crippen LogP contribution is 2.50. The van der Waals surface area contributed by atoms with Crippen molar-refractivity contribution < 1.29 is 33.4 Å². The van der Waals surface area contributed by atoms with E-state index in [1.807, 2.05) is 35.2 Å². The molecule has 3 amide bonds. The number of esters is 1. The molecule has 8 rings (SSSR count). The van der Waals surface area contributed by atoms with E-state index in [0.29, 0.717) is 68.7 Å². The first-order chi connectivity index (χ1) is 27.4. The number of hydrogen-bond donors (Lipinski definition) is 2. The van der Waals surface area contributed by atoms with Gasteiger partial charge in [0.25, 0.3) is 5.91 Å². The van der Waals surface area contributed by atoms with Crippen LogP contribution in [-0.2, 0) is 23.9 Å². The number of nitrogens with one attached hydrogen (secondary N) is 2. The Morgan fingerprint density at radius 3 is 2.34 bits per heavy atom. The third kappa shape index (κ3) is 7.32. The molecule has 1 aromatic heterocycles. The van der Waals surface area contributed by atoms with Crippen LogP contribution < -0.4 is 15.4 Å². The van der Waals surface area contributed by atoms with Gasteiger partial charge in [0, 0.05) is 30.2 Å². The SMILES string of the molecule is CCOC(=O)/C=C/c1ccc(NC(=O)C2(NC(=O)c3ccc4c(C5CCCCC5)c(-c5ccccc5)n5c4c3OCC5C(=O)N3CCOCC3)CCCC2)cc1. The van der Waals surface area contributed by atoms with Crippen LogP contribution in [0.3, 0.4) is 0 Å². The van der Waals surface area contributed by atoms with Crippen molar-refractivity contribution in [1.29, 1.82) is 0 Å². The fourth-order valence-corrected chi connectivity index (χ4v) is 9.10. The fraction of sp³-hybridized carbons (Fsp3) is 0.422. The van der Waals surface area contributed by atoms with Crippen molar-refractivity contribution in [3.8, 4) is 17.0 Å². The topological polar surface area (TPSA) is 128 Å². The zero-order chi connectivity index (χ0) is 38.6. The Hall–Kier alpha value is -5.42. The summed E-state index contributed by atoms with van der Waals surface area (Å²) in [6, 6.07) is 20.7. The van der Waals surface area contributed by atoms with Gasteiger partial charge < -0.3 is 34.3 Å². The molecule has 1 unspecified atom stereocenters. The minimum absolute atomic E-state index is 0.0114. The van der Waals surface area contributed by atoms with Crippen molar-refractivity contribution in [2.45, 2.75) is 82.2 Å². The molecule has 2 aliphatic heterocycles. The van der Waals surface area contributed by atoms with E-state index in [2.05, 4.69) is 27.3 Å². The van der Waals surface area contributed by atoms with Crippen LogP contribution in [0.5, 0.6) is 5.75 Å². The number of amides is 3. The van der Waals surface area contributed by atoms with Gasteiger partial charge in [-0.25, -0.2) is 4.79 Å². The van der Waals surface area contributed by atoms with E-state index in [9.17, 15) is 19.2 Å². The molecule has 2 saturated carbocycles. The van der Waals surface area contributed by atoms with Crippen molar-refractivity contribution in [3.05, 3.63) is 89.5 Å². The number of hydrogen-bond acceptors (Lipinski definition) is 7. The zero-order valence-corrected chi connectivity index (χ0v) is 32.0. The first-order valence-electron chi connectivity index (χ1n) is 20.2. The van der Waals surface area contributed by atoms with E-state index in [4.69, 9.17) is 14.2 Å². The number of carbonyl (C=O) groups is 4. The van der Waals surface area contributed by atoms with E-state index in [1.54, 1.807) is 37.3 Å². The molecule has 11 nitrogen and oxygen atoms in total. The number of ether oxygens (including phenoxy) is 3. The molecule has 1 saturated heterocycles. The average Bonchev–Trinajstić information content (AvgIpc) is 3.86. The minimum atomic E-state index is -1.12. The van der Waals surface area contributed by atoms with E-state index < -0.39 is 17.6 Å². The Kier molecular flexibility index (Phi) is 11.0. The second-order valence-electron chi connectivity index (χ2n) is 15.3. The Morgan fingerprint density at radius 1 is 0.893 bits per heavy atom. The Labute approximate surface area is 327 Å². The van der Waals surface area contributed by atoms with Gasteiger partial charge in [-0.15, -0.1) is 0 Å². The summed E-state index contributed by atoms with van der Waals surface area (Å²) in [5, 5.41) is 7.22. The highest BCUT2D eigenvalue weighted by atomic mass is 16.5. The minimum Gasteiger partial charge on any atom is -0.488 e. The van der Waals surface area contributed by atoms with Crippen molar-refractivity contribution in [1.82, 2.24) is 14.8 Å². The first-order valence-corrected chi connectivity index (χ1v) is 20.2. The standard InChI is InChI=1S/C45H50N4O7/c1-2-55-37(50)22-17-30-15-18-33(19-16-30)46-44(53)45(23-9-10-24-45)47-42(51)35-21-20-34-38(31-11-5-3-6-12-31)39(32-13-7-4-8-14-32)49-36(29-56-41(35)40(34)49)43(52)48-25-27-54-28-26-48/h4,7-8,13-22,31,36H,2-3,5-6,9-12,23-29H2,1H3,(H,46,53)(H,47,51)/b22-17+. The second-order valence-corrected chi connectivity index (χ2v) is 15.3. The quantitative estimate of drug-likeness (QED) is 0.127. The van der Waals surface area contributed by atoms with Gasteiger partial charge in [-0.05, 0) is 79.5 Å². The molecule has 0 radical (unpaired) electrons. The molecule has 0 spiro atoms. The molecule has 4 aliphatic rings. The maximum absolute atomic E-state index is 14.6. The molecule has 11 heteroatoms. The Bertz CT molecular complexity index is 2120. The average molecular weight is 759 g/mol. The number of morpholine rings is 1. The molecule has 2 N–H and O–H groups in total. The number of anilines is 1. The van der Waals surface area contributed by atoms with Crippen molar-refractivity contribution >= 4 is 46.4 Å². The summed E-state index contributed by atoms with van der Waals surface area (Å²) in [4.78, 5) is 56.6. The lowest BCUT2D eigenvalue weighted by Gasteiger charge is -2.35. The summed E-state index contributed by atoms with van der Waals surface area (Å²) in [5.74, 6) is -0.337. The van der Waals surface area contributed by atoms with Gasteiger partial charge in [0.15, 0.2) is 5.75 Å². The summed E-state index contributed by atoms with van der Waals surface area (Å²) in [5.41, 5.74) is 4.64. The number of carbonyl (C=O) groups excluding carboxylic acids is 4. The third-order valence-electron chi connectivity index (χ3n) is 11.9. The Balaban J connectivity index is 1.15. The predicted octanol–water partition coefficient (Wildman–Crippen LogP) is 7.41. The highest BCUT2D eigenvalue weighted by Gasteiger charge is 2.44. The van der Waals surface area contributed by atoms with Gasteiger partial charge in [-0.3, -0.25) is 14.4 Å². The molecule has 2 aliphatic carbocycles. The Morgan fingerprint density at radius 2 is 1.62 bits per heavy atom. The molecule has 4 aromatic rings. The highest BCUT2D eigenvalue weighted by molar-refractivity contribution is 6.09. The second kappa shape index (κ2) is 16.4. The smallest absolute Gasteiger partial charge is 0.330 e. The summed E-state index contributed by atoms with van der Waals surface area (Å²) in [6.45, 7) is 4.17. The van der Waals surface area contributed by atoms with Crippen molar-refractivity contribution in [2.24, 2.45) is 0 Å². The van der Waals surface area contributed by atoms with Gasteiger partial charge in [0.05, 0.1) is 36.6 Å². The monoisotopic (exact) mass is 758 g/mol. The molecule has 3 heterocycles. The molecule has 292 valence electrons. The van der Waals surface area contributed by atoms with Gasteiger partial charge in [0.2, 0.25) is 11.8 Å². The predicted molar refractivity (Wildman–Crippen MR) is 215 cm³/mol. The summed E-state index contributed by atoms with van der Waals surface area (Å²) in [7, 11) is 0. The van der Waals surface area contributed by atoms with Crippen molar-refractivity contribution in [3.63, 3.8) is 0 Å². The van der Waals surface area contributed by atoms with Gasteiger partial charge in [-0.1, -0.05) is 80.6 Å². The fourth-order valence-electron chi connectivity index (χ4n) is 9.10. The van der Waals surface area contributed by atoms with Gasteiger partial charge >= 0.3 is 5.97 Å². The molecule has 56 heavy (non-hydrogen) atoms. The summed E-state index contributed by atoms with van der Waals surface area (Å²) >= 11 is 0. The number of benzene rings is 3. The van der Waals surface area contributed by atoms with Gasteiger partial charge in [0.1, 0.15) is 18.2 Å². The molecule has 0 bridgehead atoms. The maximum atomic E-state index is 14.6. The number of nitrogens with zero attached hydrogens (tertiary/aromatic N) is 2.